The number of ether oxygens (including phenoxy) is 1. The van der Waals surface area contributed by atoms with Crippen molar-refractivity contribution in [1.82, 2.24) is 9.97 Å². The number of carbonyl (C=O) groups is 1. The van der Waals surface area contributed by atoms with E-state index in [0.717, 1.165) is 13.1 Å². The van der Waals surface area contributed by atoms with Crippen molar-refractivity contribution >= 4 is 11.9 Å². The molecule has 3 rings (SSSR count). The van der Waals surface area contributed by atoms with Gasteiger partial charge in [0.05, 0.1) is 12.2 Å². The van der Waals surface area contributed by atoms with Crippen LogP contribution in [0.15, 0.2) is 12.4 Å². The summed E-state index contributed by atoms with van der Waals surface area (Å²) in [6.07, 6.45) is 3.02. The van der Waals surface area contributed by atoms with Gasteiger partial charge in [-0.25, -0.2) is 14.8 Å². The number of esters is 1. The van der Waals surface area contributed by atoms with E-state index in [1.807, 2.05) is 0 Å². The van der Waals surface area contributed by atoms with Crippen molar-refractivity contribution in [2.24, 2.45) is 17.8 Å². The fourth-order valence-electron chi connectivity index (χ4n) is 2.89. The van der Waals surface area contributed by atoms with Gasteiger partial charge < -0.3 is 14.7 Å². The second-order valence-electron chi connectivity index (χ2n) is 5.07. The fourth-order valence-corrected chi connectivity index (χ4v) is 2.89. The van der Waals surface area contributed by atoms with E-state index in [9.17, 15) is 4.79 Å². The van der Waals surface area contributed by atoms with Crippen LogP contribution in [-0.2, 0) is 4.74 Å². The first-order valence-electron chi connectivity index (χ1n) is 6.59. The Bertz CT molecular complexity index is 465. The number of carbonyl (C=O) groups excluding carboxylic acids is 1. The molecular weight excluding hydrogens is 246 g/mol. The number of aromatic nitrogens is 2. The number of piperidine rings is 1. The maximum Gasteiger partial charge on any atom is 0.341 e. The number of hydrogen-bond acceptors (Lipinski definition) is 6. The second-order valence-corrected chi connectivity index (χ2v) is 5.07. The molecule has 1 aliphatic carbocycles. The summed E-state index contributed by atoms with van der Waals surface area (Å²) < 4.78 is 4.89. The number of anilines is 1. The van der Waals surface area contributed by atoms with Gasteiger partial charge in [0.2, 0.25) is 5.95 Å². The van der Waals surface area contributed by atoms with E-state index in [0.29, 0.717) is 35.9 Å². The van der Waals surface area contributed by atoms with Crippen LogP contribution in [-0.4, -0.2) is 47.3 Å². The molecule has 19 heavy (non-hydrogen) atoms. The van der Waals surface area contributed by atoms with Gasteiger partial charge in [0.15, 0.2) is 0 Å². The van der Waals surface area contributed by atoms with Crippen molar-refractivity contribution in [2.45, 2.75) is 6.92 Å². The van der Waals surface area contributed by atoms with E-state index >= 15 is 0 Å². The Kier molecular flexibility index (Phi) is 3.10. The summed E-state index contributed by atoms with van der Waals surface area (Å²) in [6, 6.07) is 0. The molecule has 2 aliphatic rings. The Morgan fingerprint density at radius 2 is 2.05 bits per heavy atom. The summed E-state index contributed by atoms with van der Waals surface area (Å²) in [4.78, 5) is 22.0. The van der Waals surface area contributed by atoms with Gasteiger partial charge in [-0.2, -0.15) is 0 Å². The van der Waals surface area contributed by atoms with Crippen molar-refractivity contribution in [3.63, 3.8) is 0 Å². The summed E-state index contributed by atoms with van der Waals surface area (Å²) in [7, 11) is 0. The van der Waals surface area contributed by atoms with Gasteiger partial charge >= 0.3 is 5.97 Å². The monoisotopic (exact) mass is 263 g/mol. The molecule has 6 nitrogen and oxygen atoms in total. The lowest BCUT2D eigenvalue weighted by molar-refractivity contribution is 0.0525. The van der Waals surface area contributed by atoms with E-state index in [1.54, 1.807) is 6.92 Å². The zero-order valence-corrected chi connectivity index (χ0v) is 10.8. The van der Waals surface area contributed by atoms with Crippen LogP contribution in [0.2, 0.25) is 0 Å². The molecule has 102 valence electrons. The van der Waals surface area contributed by atoms with Crippen molar-refractivity contribution in [3.8, 4) is 0 Å². The molecule has 6 heteroatoms. The lowest BCUT2D eigenvalue weighted by atomic mass is 10.3. The SMILES string of the molecule is CCOC(=O)c1cnc(N2CC3C(CO)C3C2)nc1. The van der Waals surface area contributed by atoms with Crippen molar-refractivity contribution < 1.29 is 14.6 Å². The molecule has 0 spiro atoms. The summed E-state index contributed by atoms with van der Waals surface area (Å²) in [5.74, 6) is 1.89. The number of aliphatic hydroxyl groups is 1. The van der Waals surface area contributed by atoms with E-state index in [-0.39, 0.29) is 6.61 Å². The first-order valence-corrected chi connectivity index (χ1v) is 6.59. The highest BCUT2D eigenvalue weighted by Crippen LogP contribution is 2.51. The molecule has 1 aliphatic heterocycles. The number of hydrogen-bond donors (Lipinski definition) is 1. The highest BCUT2D eigenvalue weighted by atomic mass is 16.5. The lowest BCUT2D eigenvalue weighted by Gasteiger charge is -2.19. The minimum atomic E-state index is -0.390. The van der Waals surface area contributed by atoms with Gasteiger partial charge in [0.1, 0.15) is 0 Å². The number of aliphatic hydroxyl groups excluding tert-OH is 1. The predicted molar refractivity (Wildman–Crippen MR) is 67.8 cm³/mol. The van der Waals surface area contributed by atoms with Crippen molar-refractivity contribution in [1.29, 1.82) is 0 Å². The van der Waals surface area contributed by atoms with E-state index < -0.39 is 5.97 Å². The van der Waals surface area contributed by atoms with Crippen LogP contribution >= 0.6 is 0 Å². The van der Waals surface area contributed by atoms with Gasteiger partial charge in [-0.3, -0.25) is 0 Å². The largest absolute Gasteiger partial charge is 0.462 e. The van der Waals surface area contributed by atoms with Crippen LogP contribution in [0.1, 0.15) is 17.3 Å². The third-order valence-corrected chi connectivity index (χ3v) is 4.01. The molecule has 0 bridgehead atoms. The maximum atomic E-state index is 11.5. The molecule has 2 fully saturated rings. The maximum absolute atomic E-state index is 11.5. The van der Waals surface area contributed by atoms with Gasteiger partial charge in [-0.05, 0) is 24.7 Å². The highest BCUT2D eigenvalue weighted by molar-refractivity contribution is 5.88. The number of rotatable bonds is 4. The van der Waals surface area contributed by atoms with Crippen molar-refractivity contribution in [2.75, 3.05) is 31.2 Å². The average molecular weight is 263 g/mol. The molecule has 1 aromatic heterocycles. The molecule has 1 N–H and O–H groups in total. The second kappa shape index (κ2) is 4.77. The number of nitrogens with zero attached hydrogens (tertiary/aromatic N) is 3. The molecule has 0 aromatic carbocycles. The minimum Gasteiger partial charge on any atom is -0.462 e. The summed E-state index contributed by atoms with van der Waals surface area (Å²) in [6.45, 7) is 4.19. The zero-order valence-electron chi connectivity index (χ0n) is 10.8. The van der Waals surface area contributed by atoms with Crippen LogP contribution in [0.25, 0.3) is 0 Å². The van der Waals surface area contributed by atoms with Crippen molar-refractivity contribution in [3.05, 3.63) is 18.0 Å². The molecule has 2 heterocycles. The average Bonchev–Trinajstić information content (AvgIpc) is 2.91. The molecule has 0 amide bonds. The summed E-state index contributed by atoms with van der Waals surface area (Å²) in [5, 5.41) is 9.12. The quantitative estimate of drug-likeness (QED) is 0.789. The van der Waals surface area contributed by atoms with Gasteiger partial charge in [0.25, 0.3) is 0 Å². The molecule has 1 saturated heterocycles. The Morgan fingerprint density at radius 1 is 1.42 bits per heavy atom. The Balaban J connectivity index is 1.63. The third kappa shape index (κ3) is 2.16. The smallest absolute Gasteiger partial charge is 0.341 e. The first-order chi connectivity index (χ1) is 9.24. The topological polar surface area (TPSA) is 75.5 Å². The Morgan fingerprint density at radius 3 is 2.58 bits per heavy atom. The van der Waals surface area contributed by atoms with E-state index in [1.165, 1.54) is 12.4 Å². The highest BCUT2D eigenvalue weighted by Gasteiger charge is 2.55. The van der Waals surface area contributed by atoms with Crippen LogP contribution in [0.5, 0.6) is 0 Å². The van der Waals surface area contributed by atoms with E-state index in [4.69, 9.17) is 9.84 Å². The zero-order chi connectivity index (χ0) is 13.4. The third-order valence-electron chi connectivity index (χ3n) is 4.01. The van der Waals surface area contributed by atoms with Gasteiger partial charge in [-0.1, -0.05) is 0 Å². The Hall–Kier alpha value is -1.69. The summed E-state index contributed by atoms with van der Waals surface area (Å²) in [5.41, 5.74) is 0.378. The van der Waals surface area contributed by atoms with Gasteiger partial charge in [0, 0.05) is 32.1 Å². The molecular formula is C13H17N3O3. The van der Waals surface area contributed by atoms with E-state index in [2.05, 4.69) is 14.9 Å². The Labute approximate surface area is 111 Å². The van der Waals surface area contributed by atoms with Crippen LogP contribution < -0.4 is 4.90 Å². The first kappa shape index (κ1) is 12.3. The van der Waals surface area contributed by atoms with Gasteiger partial charge in [-0.15, -0.1) is 0 Å². The predicted octanol–water partition coefficient (Wildman–Crippen LogP) is 0.328. The lowest BCUT2D eigenvalue weighted by Crippen LogP contribution is -2.26. The minimum absolute atomic E-state index is 0.284. The number of fused-ring (bicyclic) bond motifs is 1. The summed E-state index contributed by atoms with van der Waals surface area (Å²) >= 11 is 0. The molecule has 2 atom stereocenters. The molecule has 2 unspecified atom stereocenters. The van der Waals surface area contributed by atoms with Crippen LogP contribution in [0.4, 0.5) is 5.95 Å². The molecule has 0 radical (unpaired) electrons. The molecule has 1 saturated carbocycles. The van der Waals surface area contributed by atoms with Crippen LogP contribution in [0, 0.1) is 17.8 Å². The fraction of sp³-hybridized carbons (Fsp3) is 0.615. The molecule has 1 aromatic rings. The van der Waals surface area contributed by atoms with Crippen LogP contribution in [0.3, 0.4) is 0 Å². The normalized spacial score (nSPS) is 28.1. The standard InChI is InChI=1S/C13H17N3O3/c1-2-19-12(18)8-3-14-13(15-4-8)16-5-9-10(6-16)11(9)7-17/h3-4,9-11,17H,2,5-7H2,1H3.